The van der Waals surface area contributed by atoms with Crippen LogP contribution in [0.25, 0.3) is 11.0 Å². The number of benzene rings is 1. The number of hydrogen-bond acceptors (Lipinski definition) is 5. The Morgan fingerprint density at radius 2 is 2.16 bits per heavy atom. The third-order valence-electron chi connectivity index (χ3n) is 4.64. The quantitative estimate of drug-likeness (QED) is 0.763. The van der Waals surface area contributed by atoms with E-state index in [2.05, 4.69) is 4.98 Å². The summed E-state index contributed by atoms with van der Waals surface area (Å²) in [5.41, 5.74) is 1.75. The largest absolute Gasteiger partial charge is 0.383 e. The zero-order chi connectivity index (χ0) is 18.0. The minimum Gasteiger partial charge on any atom is -0.383 e. The number of imidazole rings is 1. The van der Waals surface area contributed by atoms with Crippen molar-refractivity contribution >= 4 is 26.8 Å². The van der Waals surface area contributed by atoms with Crippen molar-refractivity contribution in [3.05, 3.63) is 30.1 Å². The fourth-order valence-corrected chi connectivity index (χ4v) is 5.07. The Morgan fingerprint density at radius 3 is 2.84 bits per heavy atom. The number of hydrogen-bond donors (Lipinski definition) is 0. The predicted octanol–water partition coefficient (Wildman–Crippen LogP) is 1.01. The third kappa shape index (κ3) is 3.85. The number of para-hydroxylation sites is 2. The van der Waals surface area contributed by atoms with Crippen molar-refractivity contribution in [1.29, 1.82) is 0 Å². The average molecular weight is 365 g/mol. The van der Waals surface area contributed by atoms with Gasteiger partial charge < -0.3 is 14.2 Å². The molecule has 136 valence electrons. The van der Waals surface area contributed by atoms with Crippen LogP contribution < -0.4 is 0 Å². The van der Waals surface area contributed by atoms with Gasteiger partial charge in [0.15, 0.2) is 9.84 Å². The first kappa shape index (κ1) is 17.9. The van der Waals surface area contributed by atoms with Crippen molar-refractivity contribution in [2.75, 3.05) is 31.8 Å². The molecule has 0 saturated carbocycles. The normalized spacial score (nSPS) is 19.4. The van der Waals surface area contributed by atoms with E-state index in [1.165, 1.54) is 0 Å². The van der Waals surface area contributed by atoms with Crippen molar-refractivity contribution < 1.29 is 17.9 Å². The van der Waals surface area contributed by atoms with Gasteiger partial charge in [-0.05, 0) is 25.5 Å². The third-order valence-corrected chi connectivity index (χ3v) is 6.39. The second kappa shape index (κ2) is 7.13. The summed E-state index contributed by atoms with van der Waals surface area (Å²) in [5.74, 6) is 0.832. The van der Waals surface area contributed by atoms with Gasteiger partial charge in [0.2, 0.25) is 5.91 Å². The van der Waals surface area contributed by atoms with Crippen LogP contribution in [-0.4, -0.2) is 66.6 Å². The van der Waals surface area contributed by atoms with Crippen LogP contribution in [0, 0.1) is 6.92 Å². The maximum absolute atomic E-state index is 12.9. The molecule has 0 N–H and O–H groups in total. The zero-order valence-electron chi connectivity index (χ0n) is 14.5. The summed E-state index contributed by atoms with van der Waals surface area (Å²) < 4.78 is 30.6. The molecule has 0 radical (unpaired) electrons. The number of carbonyl (C=O) groups excluding carboxylic acids is 1. The van der Waals surface area contributed by atoms with E-state index in [1.807, 2.05) is 35.8 Å². The lowest BCUT2D eigenvalue weighted by Gasteiger charge is -2.28. The monoisotopic (exact) mass is 365 g/mol. The van der Waals surface area contributed by atoms with Gasteiger partial charge in [-0.3, -0.25) is 4.79 Å². The summed E-state index contributed by atoms with van der Waals surface area (Å²) in [4.78, 5) is 19.1. The van der Waals surface area contributed by atoms with E-state index >= 15 is 0 Å². The fourth-order valence-electron chi connectivity index (χ4n) is 3.34. The number of ether oxygens (including phenoxy) is 1. The smallest absolute Gasteiger partial charge is 0.242 e. The van der Waals surface area contributed by atoms with Gasteiger partial charge in [0.1, 0.15) is 12.4 Å². The van der Waals surface area contributed by atoms with E-state index in [4.69, 9.17) is 4.74 Å². The molecule has 7 nitrogen and oxygen atoms in total. The minimum absolute atomic E-state index is 0.0338. The number of aromatic nitrogens is 2. The molecule has 2 heterocycles. The van der Waals surface area contributed by atoms with E-state index in [1.54, 1.807) is 12.0 Å². The Labute approximate surface area is 147 Å². The minimum atomic E-state index is -3.06. The van der Waals surface area contributed by atoms with Crippen LogP contribution in [0.1, 0.15) is 12.2 Å². The number of fused-ring (bicyclic) bond motifs is 1. The summed E-state index contributed by atoms with van der Waals surface area (Å²) in [7, 11) is -1.49. The van der Waals surface area contributed by atoms with Crippen LogP contribution >= 0.6 is 0 Å². The molecule has 1 amide bonds. The van der Waals surface area contributed by atoms with Crippen LogP contribution in [0.15, 0.2) is 24.3 Å². The number of sulfone groups is 1. The van der Waals surface area contributed by atoms with Crippen molar-refractivity contribution in [2.45, 2.75) is 25.9 Å². The van der Waals surface area contributed by atoms with Crippen LogP contribution in [0.2, 0.25) is 0 Å². The summed E-state index contributed by atoms with van der Waals surface area (Å²) in [5, 5.41) is 0. The van der Waals surface area contributed by atoms with Gasteiger partial charge in [0, 0.05) is 19.7 Å². The van der Waals surface area contributed by atoms with Gasteiger partial charge in [-0.2, -0.15) is 0 Å². The average Bonchev–Trinajstić information content (AvgIpc) is 3.08. The van der Waals surface area contributed by atoms with Crippen molar-refractivity contribution in [3.63, 3.8) is 0 Å². The van der Waals surface area contributed by atoms with Gasteiger partial charge in [-0.25, -0.2) is 13.4 Å². The van der Waals surface area contributed by atoms with Crippen LogP contribution in [0.3, 0.4) is 0 Å². The molecule has 0 unspecified atom stereocenters. The molecule has 0 spiro atoms. The van der Waals surface area contributed by atoms with E-state index < -0.39 is 9.84 Å². The summed E-state index contributed by atoms with van der Waals surface area (Å²) in [6.07, 6.45) is 0.488. The maximum atomic E-state index is 12.9. The number of rotatable bonds is 6. The number of nitrogens with zero attached hydrogens (tertiary/aromatic N) is 3. The van der Waals surface area contributed by atoms with Gasteiger partial charge in [0.25, 0.3) is 0 Å². The molecular formula is C17H23N3O4S. The lowest BCUT2D eigenvalue weighted by Crippen LogP contribution is -2.44. The molecule has 1 fully saturated rings. The lowest BCUT2D eigenvalue weighted by molar-refractivity contribution is -0.134. The van der Waals surface area contributed by atoms with E-state index in [-0.39, 0.29) is 30.0 Å². The van der Waals surface area contributed by atoms with Crippen LogP contribution in [0.5, 0.6) is 0 Å². The highest BCUT2D eigenvalue weighted by Crippen LogP contribution is 2.20. The molecule has 8 heteroatoms. The second-order valence-electron chi connectivity index (χ2n) is 6.37. The van der Waals surface area contributed by atoms with Crippen molar-refractivity contribution in [3.8, 4) is 0 Å². The highest BCUT2D eigenvalue weighted by atomic mass is 32.2. The first-order valence-corrected chi connectivity index (χ1v) is 10.1. The lowest BCUT2D eigenvalue weighted by atomic mass is 10.2. The molecular weight excluding hydrogens is 342 g/mol. The highest BCUT2D eigenvalue weighted by molar-refractivity contribution is 7.91. The SMILES string of the molecule is COCCN(C(=O)Cn1c(C)nc2ccccc21)[C@@H]1CCS(=O)(=O)C1. The molecule has 1 aliphatic rings. The molecule has 1 saturated heterocycles. The zero-order valence-corrected chi connectivity index (χ0v) is 15.3. The Balaban J connectivity index is 1.83. The maximum Gasteiger partial charge on any atom is 0.242 e. The Kier molecular flexibility index (Phi) is 5.10. The first-order chi connectivity index (χ1) is 11.9. The standard InChI is InChI=1S/C17H23N3O4S/c1-13-18-15-5-3-4-6-16(15)20(13)11-17(21)19(8-9-24-2)14-7-10-25(22,23)12-14/h3-6,14H,7-12H2,1-2H3/t14-/m1/s1. The number of amides is 1. The molecule has 0 bridgehead atoms. The molecule has 1 aromatic heterocycles. The van der Waals surface area contributed by atoms with E-state index in [0.29, 0.717) is 19.6 Å². The Morgan fingerprint density at radius 1 is 1.40 bits per heavy atom. The summed E-state index contributed by atoms with van der Waals surface area (Å²) in [6.45, 7) is 2.78. The van der Waals surface area contributed by atoms with E-state index in [0.717, 1.165) is 16.9 Å². The summed E-state index contributed by atoms with van der Waals surface area (Å²) >= 11 is 0. The Bertz CT molecular complexity index is 875. The molecule has 25 heavy (non-hydrogen) atoms. The summed E-state index contributed by atoms with van der Waals surface area (Å²) in [6, 6.07) is 7.39. The second-order valence-corrected chi connectivity index (χ2v) is 8.60. The number of carbonyl (C=O) groups is 1. The molecule has 1 aliphatic heterocycles. The van der Waals surface area contributed by atoms with Gasteiger partial charge >= 0.3 is 0 Å². The first-order valence-electron chi connectivity index (χ1n) is 8.32. The fraction of sp³-hybridized carbons (Fsp3) is 0.529. The number of aryl methyl sites for hydroxylation is 1. The van der Waals surface area contributed by atoms with Crippen LogP contribution in [0.4, 0.5) is 0 Å². The number of methoxy groups -OCH3 is 1. The van der Waals surface area contributed by atoms with Crippen molar-refractivity contribution in [1.82, 2.24) is 14.5 Å². The van der Waals surface area contributed by atoms with Gasteiger partial charge in [-0.15, -0.1) is 0 Å². The van der Waals surface area contributed by atoms with Crippen molar-refractivity contribution in [2.24, 2.45) is 0 Å². The predicted molar refractivity (Wildman–Crippen MR) is 95.1 cm³/mol. The van der Waals surface area contributed by atoms with Crippen LogP contribution in [-0.2, 0) is 25.9 Å². The molecule has 0 aliphatic carbocycles. The molecule has 3 rings (SSSR count). The molecule has 2 aromatic rings. The topological polar surface area (TPSA) is 81.5 Å². The molecule has 1 atom stereocenters. The van der Waals surface area contributed by atoms with Gasteiger partial charge in [0.05, 0.1) is 29.1 Å². The van der Waals surface area contributed by atoms with E-state index in [9.17, 15) is 13.2 Å². The Hall–Kier alpha value is -1.93. The highest BCUT2D eigenvalue weighted by Gasteiger charge is 2.34. The molecule has 1 aromatic carbocycles. The van der Waals surface area contributed by atoms with Gasteiger partial charge in [-0.1, -0.05) is 12.1 Å².